The maximum atomic E-state index is 14.9. The number of ketones is 1. The Labute approximate surface area is 202 Å². The average Bonchev–Trinajstić information content (AvgIpc) is 3.14. The van der Waals surface area contributed by atoms with Crippen molar-refractivity contribution in [2.24, 2.45) is 0 Å². The van der Waals surface area contributed by atoms with Crippen LogP contribution in [0.25, 0.3) is 5.76 Å². The summed E-state index contributed by atoms with van der Waals surface area (Å²) in [5.74, 6) is -1.55. The minimum Gasteiger partial charge on any atom is -0.507 e. The van der Waals surface area contributed by atoms with Crippen LogP contribution in [0.3, 0.4) is 0 Å². The molecule has 1 N–H and O–H groups in total. The van der Waals surface area contributed by atoms with Crippen LogP contribution in [0.15, 0.2) is 48.0 Å². The number of fused-ring (bicyclic) bond motifs is 1. The zero-order valence-corrected chi connectivity index (χ0v) is 19.2. The first-order chi connectivity index (χ1) is 17.0. The monoisotopic (exact) mass is 482 g/mol. The van der Waals surface area contributed by atoms with Crippen molar-refractivity contribution in [3.05, 3.63) is 65.0 Å². The molecule has 9 heteroatoms. The van der Waals surface area contributed by atoms with Gasteiger partial charge in [-0.05, 0) is 30.7 Å². The highest BCUT2D eigenvalue weighted by Crippen LogP contribution is 2.41. The van der Waals surface area contributed by atoms with Gasteiger partial charge in [-0.3, -0.25) is 14.5 Å². The Morgan fingerprint density at radius 1 is 0.971 bits per heavy atom. The number of hydrogen-bond donors (Lipinski definition) is 1. The number of rotatable bonds is 6. The lowest BCUT2D eigenvalue weighted by Crippen LogP contribution is -2.39. The Bertz CT molecular complexity index is 1160. The van der Waals surface area contributed by atoms with Gasteiger partial charge < -0.3 is 24.2 Å². The first kappa shape index (κ1) is 23.3. The van der Waals surface area contributed by atoms with Gasteiger partial charge in [0.25, 0.3) is 11.7 Å². The Morgan fingerprint density at radius 3 is 2.49 bits per heavy atom. The van der Waals surface area contributed by atoms with Crippen LogP contribution in [0.5, 0.6) is 11.5 Å². The lowest BCUT2D eigenvalue weighted by atomic mass is 9.94. The number of benzene rings is 2. The van der Waals surface area contributed by atoms with Crippen molar-refractivity contribution in [2.45, 2.75) is 12.5 Å². The molecule has 1 amide bonds. The highest BCUT2D eigenvalue weighted by Gasteiger charge is 2.46. The normalized spacial score (nSPS) is 22.0. The Morgan fingerprint density at radius 2 is 1.71 bits per heavy atom. The third-order valence-corrected chi connectivity index (χ3v) is 6.53. The van der Waals surface area contributed by atoms with Gasteiger partial charge in [-0.15, -0.1) is 0 Å². The van der Waals surface area contributed by atoms with Crippen molar-refractivity contribution in [2.75, 3.05) is 52.6 Å². The number of likely N-dealkylation sites (tertiary alicyclic amines) is 1. The van der Waals surface area contributed by atoms with Crippen molar-refractivity contribution >= 4 is 17.4 Å². The van der Waals surface area contributed by atoms with E-state index in [0.29, 0.717) is 49.9 Å². The first-order valence-corrected chi connectivity index (χ1v) is 11.8. The molecule has 8 nitrogen and oxygen atoms in total. The van der Waals surface area contributed by atoms with E-state index in [2.05, 4.69) is 4.90 Å². The zero-order chi connectivity index (χ0) is 24.4. The van der Waals surface area contributed by atoms with E-state index < -0.39 is 23.5 Å². The van der Waals surface area contributed by atoms with Gasteiger partial charge in [-0.25, -0.2) is 4.39 Å². The maximum absolute atomic E-state index is 14.9. The second-order valence-corrected chi connectivity index (χ2v) is 8.68. The number of Topliss-reactive ketones (excluding diaryl/α,β-unsaturated/α-hetero) is 1. The molecule has 3 aliphatic heterocycles. The molecule has 5 rings (SSSR count). The fourth-order valence-corrected chi connectivity index (χ4v) is 4.77. The number of carbonyl (C=O) groups excluding carboxylic acids is 2. The van der Waals surface area contributed by atoms with Gasteiger partial charge in [0.1, 0.15) is 24.8 Å². The van der Waals surface area contributed by atoms with Crippen LogP contribution in [0.2, 0.25) is 0 Å². The molecule has 35 heavy (non-hydrogen) atoms. The number of halogens is 1. The fourth-order valence-electron chi connectivity index (χ4n) is 4.77. The van der Waals surface area contributed by atoms with Crippen molar-refractivity contribution < 1.29 is 33.3 Å². The average molecular weight is 483 g/mol. The molecule has 0 spiro atoms. The van der Waals surface area contributed by atoms with Crippen LogP contribution in [0.1, 0.15) is 23.6 Å². The smallest absolute Gasteiger partial charge is 0.295 e. The number of morpholine rings is 1. The van der Waals surface area contributed by atoms with Gasteiger partial charge in [0.15, 0.2) is 11.5 Å². The summed E-state index contributed by atoms with van der Waals surface area (Å²) in [6.07, 6.45) is 0.599. The molecular weight excluding hydrogens is 455 g/mol. The minimum atomic E-state index is -1.03. The van der Waals surface area contributed by atoms with E-state index in [4.69, 9.17) is 14.2 Å². The predicted octanol–water partition coefficient (Wildman–Crippen LogP) is 2.74. The summed E-state index contributed by atoms with van der Waals surface area (Å²) in [5.41, 5.74) is 0.322. The molecule has 2 aromatic rings. The number of ether oxygens (including phenoxy) is 3. The van der Waals surface area contributed by atoms with Crippen molar-refractivity contribution in [3.8, 4) is 11.5 Å². The van der Waals surface area contributed by atoms with E-state index in [9.17, 15) is 19.1 Å². The Hall–Kier alpha value is -3.43. The number of carbonyl (C=O) groups is 2. The molecule has 0 radical (unpaired) electrons. The second kappa shape index (κ2) is 10.1. The highest BCUT2D eigenvalue weighted by molar-refractivity contribution is 6.46. The lowest BCUT2D eigenvalue weighted by molar-refractivity contribution is -0.140. The standard InChI is InChI=1S/C26H27FN2O6/c27-19-5-2-1-4-18(19)23-22(24(30)17-6-7-20-21(16-17)35-15-14-34-20)25(31)26(32)29(23)9-3-8-28-10-12-33-13-11-28/h1-2,4-7,16,23,30H,3,8-15H2/t23-/m1/s1. The molecule has 2 saturated heterocycles. The van der Waals surface area contributed by atoms with Crippen LogP contribution in [-0.2, 0) is 14.3 Å². The Balaban J connectivity index is 1.49. The summed E-state index contributed by atoms with van der Waals surface area (Å²) in [5, 5.41) is 11.2. The van der Waals surface area contributed by atoms with Gasteiger partial charge in [0, 0.05) is 37.3 Å². The van der Waals surface area contributed by atoms with E-state index in [1.807, 2.05) is 0 Å². The summed E-state index contributed by atoms with van der Waals surface area (Å²) in [7, 11) is 0. The largest absolute Gasteiger partial charge is 0.507 e. The number of nitrogens with zero attached hydrogens (tertiary/aromatic N) is 2. The number of aliphatic hydroxyl groups excluding tert-OH is 1. The second-order valence-electron chi connectivity index (χ2n) is 8.68. The van der Waals surface area contributed by atoms with E-state index in [1.54, 1.807) is 30.3 Å². The van der Waals surface area contributed by atoms with Gasteiger partial charge in [-0.1, -0.05) is 18.2 Å². The van der Waals surface area contributed by atoms with Crippen molar-refractivity contribution in [1.29, 1.82) is 0 Å². The molecule has 0 saturated carbocycles. The van der Waals surface area contributed by atoms with Gasteiger partial charge in [0.2, 0.25) is 0 Å². The molecular formula is C26H27FN2O6. The predicted molar refractivity (Wildman–Crippen MR) is 125 cm³/mol. The molecule has 3 aliphatic rings. The summed E-state index contributed by atoms with van der Waals surface area (Å²) < 4.78 is 31.4. The van der Waals surface area contributed by atoms with Crippen LogP contribution in [-0.4, -0.2) is 79.2 Å². The first-order valence-electron chi connectivity index (χ1n) is 11.8. The summed E-state index contributed by atoms with van der Waals surface area (Å²) >= 11 is 0. The molecule has 0 aliphatic carbocycles. The van der Waals surface area contributed by atoms with Crippen LogP contribution < -0.4 is 9.47 Å². The van der Waals surface area contributed by atoms with Gasteiger partial charge in [0.05, 0.1) is 24.8 Å². The van der Waals surface area contributed by atoms with Crippen LogP contribution >= 0.6 is 0 Å². The Kier molecular flexibility index (Phi) is 6.70. The molecule has 2 aromatic carbocycles. The molecule has 0 unspecified atom stereocenters. The molecule has 184 valence electrons. The summed E-state index contributed by atoms with van der Waals surface area (Å²) in [4.78, 5) is 29.9. The van der Waals surface area contributed by atoms with Gasteiger partial charge >= 0.3 is 0 Å². The van der Waals surface area contributed by atoms with E-state index in [-0.39, 0.29) is 23.4 Å². The van der Waals surface area contributed by atoms with Crippen LogP contribution in [0.4, 0.5) is 4.39 Å². The SMILES string of the molecule is O=C1C(=O)N(CCCN2CCOCC2)[C@H](c2ccccc2F)C1=C(O)c1ccc2c(c1)OCCO2. The van der Waals surface area contributed by atoms with E-state index >= 15 is 0 Å². The molecule has 0 bridgehead atoms. The quantitative estimate of drug-likeness (QED) is 0.385. The van der Waals surface area contributed by atoms with E-state index in [0.717, 1.165) is 19.6 Å². The van der Waals surface area contributed by atoms with Crippen molar-refractivity contribution in [1.82, 2.24) is 9.80 Å². The molecule has 1 atom stereocenters. The van der Waals surface area contributed by atoms with E-state index in [1.165, 1.54) is 17.0 Å². The summed E-state index contributed by atoms with van der Waals surface area (Å²) in [6, 6.07) is 9.78. The third kappa shape index (κ3) is 4.61. The van der Waals surface area contributed by atoms with Gasteiger partial charge in [-0.2, -0.15) is 0 Å². The number of aliphatic hydroxyl groups is 1. The zero-order valence-electron chi connectivity index (χ0n) is 19.2. The molecule has 3 heterocycles. The minimum absolute atomic E-state index is 0.136. The van der Waals surface area contributed by atoms with Crippen molar-refractivity contribution in [3.63, 3.8) is 0 Å². The third-order valence-electron chi connectivity index (χ3n) is 6.53. The number of hydrogen-bond acceptors (Lipinski definition) is 7. The number of amides is 1. The fraction of sp³-hybridized carbons (Fsp3) is 0.385. The molecule has 2 fully saturated rings. The topological polar surface area (TPSA) is 88.5 Å². The molecule has 0 aromatic heterocycles. The highest BCUT2D eigenvalue weighted by atomic mass is 19.1. The summed E-state index contributed by atoms with van der Waals surface area (Å²) in [6.45, 7) is 4.68. The maximum Gasteiger partial charge on any atom is 0.295 e. The van der Waals surface area contributed by atoms with Crippen LogP contribution in [0, 0.1) is 5.82 Å². The lowest BCUT2D eigenvalue weighted by Gasteiger charge is -2.29.